The van der Waals surface area contributed by atoms with Crippen LogP contribution in [0.1, 0.15) is 13.3 Å². The molecule has 0 saturated carbocycles. The molecule has 23 heavy (non-hydrogen) atoms. The lowest BCUT2D eigenvalue weighted by molar-refractivity contribution is -0.127. The number of fused-ring (bicyclic) bond motifs is 1. The Kier molecular flexibility index (Phi) is 4.38. The Hall–Kier alpha value is -2.28. The molecule has 2 aliphatic rings. The van der Waals surface area contributed by atoms with Crippen molar-refractivity contribution in [2.75, 3.05) is 32.0 Å². The van der Waals surface area contributed by atoms with Gasteiger partial charge in [-0.3, -0.25) is 9.59 Å². The fraction of sp³-hybridized carbons (Fsp3) is 0.500. The van der Waals surface area contributed by atoms with E-state index in [0.717, 1.165) is 5.69 Å². The fourth-order valence-electron chi connectivity index (χ4n) is 2.84. The Morgan fingerprint density at radius 3 is 3.00 bits per heavy atom. The molecule has 3 rings (SSSR count). The van der Waals surface area contributed by atoms with E-state index >= 15 is 0 Å². The number of benzene rings is 1. The van der Waals surface area contributed by atoms with Crippen LogP contribution in [0.2, 0.25) is 0 Å². The SMILES string of the molecule is COCC(C)NC(=O)C1CC(=O)N(c2ccc3c(c2)OCO3)C1. The maximum Gasteiger partial charge on any atom is 0.231 e. The summed E-state index contributed by atoms with van der Waals surface area (Å²) in [6.07, 6.45) is 0.208. The number of carbonyl (C=O) groups is 2. The van der Waals surface area contributed by atoms with Crippen LogP contribution in [0, 0.1) is 5.92 Å². The predicted octanol–water partition coefficient (Wildman–Crippen LogP) is 0.919. The summed E-state index contributed by atoms with van der Waals surface area (Å²) in [5.74, 6) is 0.752. The summed E-state index contributed by atoms with van der Waals surface area (Å²) >= 11 is 0. The number of hydrogen-bond acceptors (Lipinski definition) is 5. The molecule has 0 bridgehead atoms. The molecular formula is C16H20N2O5. The lowest BCUT2D eigenvalue weighted by atomic mass is 10.1. The number of ether oxygens (including phenoxy) is 3. The highest BCUT2D eigenvalue weighted by atomic mass is 16.7. The average Bonchev–Trinajstić information content (AvgIpc) is 3.12. The molecule has 2 unspecified atom stereocenters. The molecule has 124 valence electrons. The molecule has 1 fully saturated rings. The van der Waals surface area contributed by atoms with Crippen LogP contribution in [0.15, 0.2) is 18.2 Å². The molecule has 1 N–H and O–H groups in total. The normalized spacial score (nSPS) is 20.7. The first-order chi connectivity index (χ1) is 11.1. The number of nitrogens with one attached hydrogen (secondary N) is 1. The van der Waals surface area contributed by atoms with Crippen molar-refractivity contribution in [1.29, 1.82) is 0 Å². The number of carbonyl (C=O) groups excluding carboxylic acids is 2. The molecule has 0 aliphatic carbocycles. The fourth-order valence-corrected chi connectivity index (χ4v) is 2.84. The molecule has 2 amide bonds. The van der Waals surface area contributed by atoms with Crippen molar-refractivity contribution in [2.24, 2.45) is 5.92 Å². The third kappa shape index (κ3) is 3.24. The van der Waals surface area contributed by atoms with Crippen molar-refractivity contribution < 1.29 is 23.8 Å². The zero-order valence-corrected chi connectivity index (χ0v) is 13.2. The summed E-state index contributed by atoms with van der Waals surface area (Å²) in [6, 6.07) is 5.27. The predicted molar refractivity (Wildman–Crippen MR) is 82.5 cm³/mol. The van der Waals surface area contributed by atoms with E-state index in [0.29, 0.717) is 24.7 Å². The lowest BCUT2D eigenvalue weighted by Gasteiger charge is -2.18. The minimum atomic E-state index is -0.354. The van der Waals surface area contributed by atoms with Gasteiger partial charge in [0.1, 0.15) is 0 Å². The Balaban J connectivity index is 1.66. The summed E-state index contributed by atoms with van der Waals surface area (Å²) in [5.41, 5.74) is 0.722. The Morgan fingerprint density at radius 1 is 1.43 bits per heavy atom. The first-order valence-electron chi connectivity index (χ1n) is 7.58. The van der Waals surface area contributed by atoms with E-state index < -0.39 is 0 Å². The van der Waals surface area contributed by atoms with Crippen LogP contribution in [-0.4, -0.2) is 44.9 Å². The van der Waals surface area contributed by atoms with Gasteiger partial charge in [0.05, 0.1) is 12.5 Å². The molecular weight excluding hydrogens is 300 g/mol. The van der Waals surface area contributed by atoms with Gasteiger partial charge in [0.15, 0.2) is 11.5 Å². The summed E-state index contributed by atoms with van der Waals surface area (Å²) in [4.78, 5) is 26.1. The highest BCUT2D eigenvalue weighted by Gasteiger charge is 2.36. The Morgan fingerprint density at radius 2 is 2.22 bits per heavy atom. The smallest absolute Gasteiger partial charge is 0.231 e. The van der Waals surface area contributed by atoms with Crippen LogP contribution < -0.4 is 19.7 Å². The molecule has 0 aromatic heterocycles. The van der Waals surface area contributed by atoms with Crippen molar-refractivity contribution in [3.63, 3.8) is 0 Å². The first kappa shape index (κ1) is 15.6. The van der Waals surface area contributed by atoms with Gasteiger partial charge in [-0.2, -0.15) is 0 Å². The molecule has 0 spiro atoms. The van der Waals surface area contributed by atoms with E-state index in [1.165, 1.54) is 0 Å². The molecule has 0 radical (unpaired) electrons. The molecule has 7 nitrogen and oxygen atoms in total. The number of anilines is 1. The Labute approximate surface area is 134 Å². The summed E-state index contributed by atoms with van der Waals surface area (Å²) in [7, 11) is 1.59. The standard InChI is InChI=1S/C16H20N2O5/c1-10(8-21-2)17-16(20)11-5-15(19)18(7-11)12-3-4-13-14(6-12)23-9-22-13/h3-4,6,10-11H,5,7-9H2,1-2H3,(H,17,20). The van der Waals surface area contributed by atoms with Gasteiger partial charge in [0.25, 0.3) is 0 Å². The van der Waals surface area contributed by atoms with Crippen molar-refractivity contribution in [3.05, 3.63) is 18.2 Å². The second-order valence-corrected chi connectivity index (χ2v) is 5.81. The number of amides is 2. The largest absolute Gasteiger partial charge is 0.454 e. The average molecular weight is 320 g/mol. The molecule has 7 heteroatoms. The van der Waals surface area contributed by atoms with Crippen molar-refractivity contribution in [1.82, 2.24) is 5.32 Å². The molecule has 2 atom stereocenters. The lowest BCUT2D eigenvalue weighted by Crippen LogP contribution is -2.40. The minimum Gasteiger partial charge on any atom is -0.454 e. The molecule has 1 saturated heterocycles. The molecule has 2 heterocycles. The monoisotopic (exact) mass is 320 g/mol. The zero-order valence-electron chi connectivity index (χ0n) is 13.2. The van der Waals surface area contributed by atoms with Gasteiger partial charge in [0, 0.05) is 37.9 Å². The number of nitrogens with zero attached hydrogens (tertiary/aromatic N) is 1. The van der Waals surface area contributed by atoms with Crippen LogP contribution in [0.25, 0.3) is 0 Å². The van der Waals surface area contributed by atoms with Gasteiger partial charge < -0.3 is 24.4 Å². The Bertz CT molecular complexity index is 618. The van der Waals surface area contributed by atoms with Crippen LogP contribution in [0.5, 0.6) is 11.5 Å². The highest BCUT2D eigenvalue weighted by molar-refractivity contribution is 6.00. The van der Waals surface area contributed by atoms with Crippen LogP contribution in [0.3, 0.4) is 0 Å². The molecule has 1 aromatic rings. The van der Waals surface area contributed by atoms with Crippen LogP contribution in [-0.2, 0) is 14.3 Å². The minimum absolute atomic E-state index is 0.0663. The van der Waals surface area contributed by atoms with E-state index in [1.807, 2.05) is 6.92 Å². The van der Waals surface area contributed by atoms with Crippen molar-refractivity contribution >= 4 is 17.5 Å². The van der Waals surface area contributed by atoms with Gasteiger partial charge in [-0.25, -0.2) is 0 Å². The third-order valence-corrected chi connectivity index (χ3v) is 3.97. The quantitative estimate of drug-likeness (QED) is 0.873. The second-order valence-electron chi connectivity index (χ2n) is 5.81. The zero-order chi connectivity index (χ0) is 16.4. The van der Waals surface area contributed by atoms with E-state index in [9.17, 15) is 9.59 Å². The van der Waals surface area contributed by atoms with Crippen molar-refractivity contribution in [3.8, 4) is 11.5 Å². The maximum absolute atomic E-state index is 12.3. The number of methoxy groups -OCH3 is 1. The van der Waals surface area contributed by atoms with Gasteiger partial charge in [-0.15, -0.1) is 0 Å². The van der Waals surface area contributed by atoms with E-state index in [1.54, 1.807) is 30.2 Å². The van der Waals surface area contributed by atoms with Crippen LogP contribution in [0.4, 0.5) is 5.69 Å². The number of rotatable bonds is 5. The van der Waals surface area contributed by atoms with Gasteiger partial charge in [0.2, 0.25) is 18.6 Å². The van der Waals surface area contributed by atoms with E-state index in [2.05, 4.69) is 5.32 Å². The summed E-state index contributed by atoms with van der Waals surface area (Å²) in [5, 5.41) is 2.87. The van der Waals surface area contributed by atoms with E-state index in [4.69, 9.17) is 14.2 Å². The van der Waals surface area contributed by atoms with E-state index in [-0.39, 0.29) is 37.0 Å². The van der Waals surface area contributed by atoms with Gasteiger partial charge in [-0.1, -0.05) is 0 Å². The summed E-state index contributed by atoms with van der Waals surface area (Å²) < 4.78 is 15.6. The summed E-state index contributed by atoms with van der Waals surface area (Å²) in [6.45, 7) is 2.87. The highest BCUT2D eigenvalue weighted by Crippen LogP contribution is 2.37. The third-order valence-electron chi connectivity index (χ3n) is 3.97. The van der Waals surface area contributed by atoms with Gasteiger partial charge in [-0.05, 0) is 19.1 Å². The number of hydrogen-bond donors (Lipinski definition) is 1. The molecule has 1 aromatic carbocycles. The van der Waals surface area contributed by atoms with Crippen LogP contribution >= 0.6 is 0 Å². The van der Waals surface area contributed by atoms with Gasteiger partial charge >= 0.3 is 0 Å². The topological polar surface area (TPSA) is 77.1 Å². The maximum atomic E-state index is 12.3. The second kappa shape index (κ2) is 6.45. The molecule has 2 aliphatic heterocycles. The van der Waals surface area contributed by atoms with Crippen molar-refractivity contribution in [2.45, 2.75) is 19.4 Å². The first-order valence-corrected chi connectivity index (χ1v) is 7.58.